The summed E-state index contributed by atoms with van der Waals surface area (Å²) in [5.41, 5.74) is 0.382. The Morgan fingerprint density at radius 2 is 1.58 bits per heavy atom. The summed E-state index contributed by atoms with van der Waals surface area (Å²) in [6, 6.07) is 11.8. The molecule has 0 fully saturated rings. The van der Waals surface area contributed by atoms with Crippen LogP contribution < -0.4 is 9.47 Å². The molecule has 0 saturated heterocycles. The lowest BCUT2D eigenvalue weighted by molar-refractivity contribution is -0.140. The highest BCUT2D eigenvalue weighted by molar-refractivity contribution is 5.87. The van der Waals surface area contributed by atoms with Crippen molar-refractivity contribution in [1.82, 2.24) is 0 Å². The maximum atomic E-state index is 11.2. The second-order valence-corrected chi connectivity index (χ2v) is 5.25. The zero-order valence-electron chi connectivity index (χ0n) is 14.0. The third kappa shape index (κ3) is 5.28. The van der Waals surface area contributed by atoms with Crippen LogP contribution in [-0.2, 0) is 14.3 Å². The van der Waals surface area contributed by atoms with Crippen LogP contribution >= 0.6 is 0 Å². The molecule has 0 saturated carbocycles. The summed E-state index contributed by atoms with van der Waals surface area (Å²) in [6.07, 6.45) is 0. The van der Waals surface area contributed by atoms with Crippen LogP contribution in [0.25, 0.3) is 10.8 Å². The first-order valence-electron chi connectivity index (χ1n) is 7.71. The number of carbonyl (C=O) groups excluding carboxylic acids is 1. The van der Waals surface area contributed by atoms with E-state index < -0.39 is 5.97 Å². The fourth-order valence-electron chi connectivity index (χ4n) is 2.06. The van der Waals surface area contributed by atoms with Gasteiger partial charge in [-0.25, -0.2) is 4.79 Å². The molecular formula is C19H22O5. The van der Waals surface area contributed by atoms with Crippen molar-refractivity contribution in [2.75, 3.05) is 33.5 Å². The van der Waals surface area contributed by atoms with Gasteiger partial charge < -0.3 is 18.9 Å². The van der Waals surface area contributed by atoms with E-state index in [0.717, 1.165) is 22.3 Å². The molecule has 2 rings (SSSR count). The van der Waals surface area contributed by atoms with E-state index in [1.807, 2.05) is 36.4 Å². The lowest BCUT2D eigenvalue weighted by atomic mass is 10.1. The van der Waals surface area contributed by atoms with Crippen LogP contribution in [0, 0.1) is 0 Å². The van der Waals surface area contributed by atoms with Crippen LogP contribution in [0.3, 0.4) is 0 Å². The summed E-state index contributed by atoms with van der Waals surface area (Å²) in [5.74, 6) is 1.21. The molecular weight excluding hydrogens is 308 g/mol. The first-order valence-corrected chi connectivity index (χ1v) is 7.71. The third-order valence-electron chi connectivity index (χ3n) is 3.32. The molecule has 24 heavy (non-hydrogen) atoms. The first-order chi connectivity index (χ1) is 11.6. The standard InChI is InChI=1S/C19H22O5/c1-14(2)19(20)24-11-9-22-8-10-23-18-7-5-15-12-17(21-3)6-4-16(15)13-18/h4-7,12-13H,1,8-11H2,2-3H3. The highest BCUT2D eigenvalue weighted by Gasteiger charge is 2.02. The largest absolute Gasteiger partial charge is 0.497 e. The van der Waals surface area contributed by atoms with Crippen LogP contribution in [0.4, 0.5) is 0 Å². The number of methoxy groups -OCH3 is 1. The molecule has 5 nitrogen and oxygen atoms in total. The fourth-order valence-corrected chi connectivity index (χ4v) is 2.06. The number of hydrogen-bond acceptors (Lipinski definition) is 5. The molecule has 0 radical (unpaired) electrons. The first kappa shape index (κ1) is 17.8. The van der Waals surface area contributed by atoms with E-state index in [0.29, 0.717) is 25.4 Å². The number of ether oxygens (including phenoxy) is 4. The third-order valence-corrected chi connectivity index (χ3v) is 3.32. The summed E-state index contributed by atoms with van der Waals surface area (Å²) in [4.78, 5) is 11.2. The van der Waals surface area contributed by atoms with Crippen LogP contribution in [0.2, 0.25) is 0 Å². The Balaban J connectivity index is 1.70. The number of benzene rings is 2. The van der Waals surface area contributed by atoms with Crippen LogP contribution in [-0.4, -0.2) is 39.5 Å². The van der Waals surface area contributed by atoms with Gasteiger partial charge in [-0.15, -0.1) is 0 Å². The average molecular weight is 330 g/mol. The minimum Gasteiger partial charge on any atom is -0.497 e. The van der Waals surface area contributed by atoms with Gasteiger partial charge in [0.2, 0.25) is 0 Å². The topological polar surface area (TPSA) is 54.0 Å². The van der Waals surface area contributed by atoms with Crippen molar-refractivity contribution < 1.29 is 23.7 Å². The summed E-state index contributed by atoms with van der Waals surface area (Å²) in [5, 5.41) is 2.18. The molecule has 0 bridgehead atoms. The Kier molecular flexibility index (Phi) is 6.63. The smallest absolute Gasteiger partial charge is 0.333 e. The van der Waals surface area contributed by atoms with Crippen molar-refractivity contribution in [2.24, 2.45) is 0 Å². The van der Waals surface area contributed by atoms with E-state index in [1.165, 1.54) is 0 Å². The molecule has 5 heteroatoms. The molecule has 0 unspecified atom stereocenters. The molecule has 0 aliphatic heterocycles. The van der Waals surface area contributed by atoms with Gasteiger partial charge in [-0.3, -0.25) is 0 Å². The Morgan fingerprint density at radius 1 is 0.958 bits per heavy atom. The van der Waals surface area contributed by atoms with Crippen molar-refractivity contribution in [3.63, 3.8) is 0 Å². The Morgan fingerprint density at radius 3 is 2.25 bits per heavy atom. The van der Waals surface area contributed by atoms with Crippen LogP contribution in [0.1, 0.15) is 6.92 Å². The number of hydrogen-bond donors (Lipinski definition) is 0. The monoisotopic (exact) mass is 330 g/mol. The van der Waals surface area contributed by atoms with Crippen molar-refractivity contribution in [1.29, 1.82) is 0 Å². The van der Waals surface area contributed by atoms with E-state index in [9.17, 15) is 4.79 Å². The molecule has 0 heterocycles. The molecule has 0 aliphatic carbocycles. The summed E-state index contributed by atoms with van der Waals surface area (Å²) < 4.78 is 21.1. The molecule has 0 spiro atoms. The van der Waals surface area contributed by atoms with Crippen molar-refractivity contribution in [3.05, 3.63) is 48.6 Å². The molecule has 2 aromatic rings. The second-order valence-electron chi connectivity index (χ2n) is 5.25. The van der Waals surface area contributed by atoms with Crippen LogP contribution in [0.15, 0.2) is 48.6 Å². The highest BCUT2D eigenvalue weighted by atomic mass is 16.6. The molecule has 0 atom stereocenters. The van der Waals surface area contributed by atoms with Gasteiger partial charge >= 0.3 is 5.97 Å². The van der Waals surface area contributed by atoms with Gasteiger partial charge in [0.25, 0.3) is 0 Å². The second kappa shape index (κ2) is 8.93. The van der Waals surface area contributed by atoms with Gasteiger partial charge in [-0.2, -0.15) is 0 Å². The average Bonchev–Trinajstić information content (AvgIpc) is 2.59. The molecule has 0 N–H and O–H groups in total. The summed E-state index contributed by atoms with van der Waals surface area (Å²) >= 11 is 0. The minimum absolute atomic E-state index is 0.212. The molecule has 2 aromatic carbocycles. The Labute approximate surface area is 141 Å². The molecule has 0 amide bonds. The zero-order valence-corrected chi connectivity index (χ0v) is 14.0. The van der Waals surface area contributed by atoms with Gasteiger partial charge in [-0.05, 0) is 42.0 Å². The zero-order chi connectivity index (χ0) is 17.4. The van der Waals surface area contributed by atoms with E-state index in [4.69, 9.17) is 18.9 Å². The molecule has 0 aromatic heterocycles. The SMILES string of the molecule is C=C(C)C(=O)OCCOCCOc1ccc2cc(OC)ccc2c1. The summed E-state index contributed by atoms with van der Waals surface area (Å²) in [6.45, 7) is 6.51. The minimum atomic E-state index is -0.400. The van der Waals surface area contributed by atoms with Gasteiger partial charge in [0.1, 0.15) is 24.7 Å². The van der Waals surface area contributed by atoms with Gasteiger partial charge in [-0.1, -0.05) is 18.7 Å². The molecule has 128 valence electrons. The van der Waals surface area contributed by atoms with E-state index in [2.05, 4.69) is 6.58 Å². The van der Waals surface area contributed by atoms with Gasteiger partial charge in [0.15, 0.2) is 0 Å². The van der Waals surface area contributed by atoms with Crippen molar-refractivity contribution in [3.8, 4) is 11.5 Å². The number of carbonyl (C=O) groups is 1. The van der Waals surface area contributed by atoms with E-state index >= 15 is 0 Å². The number of rotatable bonds is 9. The van der Waals surface area contributed by atoms with Gasteiger partial charge in [0, 0.05) is 5.57 Å². The quantitative estimate of drug-likeness (QED) is 0.401. The lowest BCUT2D eigenvalue weighted by Crippen LogP contribution is -2.13. The van der Waals surface area contributed by atoms with Gasteiger partial charge in [0.05, 0.1) is 20.3 Å². The van der Waals surface area contributed by atoms with E-state index in [-0.39, 0.29) is 6.61 Å². The fraction of sp³-hybridized carbons (Fsp3) is 0.316. The predicted molar refractivity (Wildman–Crippen MR) is 92.6 cm³/mol. The maximum Gasteiger partial charge on any atom is 0.333 e. The normalized spacial score (nSPS) is 10.4. The summed E-state index contributed by atoms with van der Waals surface area (Å²) in [7, 11) is 1.65. The van der Waals surface area contributed by atoms with E-state index in [1.54, 1.807) is 14.0 Å². The number of fused-ring (bicyclic) bond motifs is 1. The maximum absolute atomic E-state index is 11.2. The van der Waals surface area contributed by atoms with Crippen molar-refractivity contribution >= 4 is 16.7 Å². The molecule has 0 aliphatic rings. The number of esters is 1. The predicted octanol–water partition coefficient (Wildman–Crippen LogP) is 3.36. The Bertz CT molecular complexity index is 708. The van der Waals surface area contributed by atoms with Crippen molar-refractivity contribution in [2.45, 2.75) is 6.92 Å². The Hall–Kier alpha value is -2.53. The lowest BCUT2D eigenvalue weighted by Gasteiger charge is -2.09. The highest BCUT2D eigenvalue weighted by Crippen LogP contribution is 2.24. The van der Waals surface area contributed by atoms with Crippen LogP contribution in [0.5, 0.6) is 11.5 Å².